The summed E-state index contributed by atoms with van der Waals surface area (Å²) in [7, 11) is 0. The Morgan fingerprint density at radius 3 is 2.38 bits per heavy atom. The van der Waals surface area contributed by atoms with Crippen LogP contribution in [0.3, 0.4) is 0 Å². The van der Waals surface area contributed by atoms with E-state index >= 15 is 0 Å². The van der Waals surface area contributed by atoms with Gasteiger partial charge < -0.3 is 9.84 Å². The molecule has 0 spiro atoms. The van der Waals surface area contributed by atoms with Gasteiger partial charge in [0.2, 0.25) is 0 Å². The quantitative estimate of drug-likeness (QED) is 0.543. The standard InChI is InChI=1S/C22H34O4/c1-7-15(2)9-10-18-20(4)12-8-13-21(5,19(24)25)17(20)11-14-22(18,6)26-16(3)23/h7,9,17-18H,1,8,10-14H2,2-6H3,(H,24,25)/b15-9+/t17-,18-,20+,21+,22-/m1/s1. The van der Waals surface area contributed by atoms with Gasteiger partial charge in [0.25, 0.3) is 0 Å². The van der Waals surface area contributed by atoms with Crippen LogP contribution in [0.25, 0.3) is 0 Å². The molecule has 0 aromatic heterocycles. The van der Waals surface area contributed by atoms with E-state index in [4.69, 9.17) is 4.74 Å². The van der Waals surface area contributed by atoms with Gasteiger partial charge in [-0.05, 0) is 64.2 Å². The Bertz CT molecular complexity index is 622. The van der Waals surface area contributed by atoms with Crippen LogP contribution in [0.5, 0.6) is 0 Å². The van der Waals surface area contributed by atoms with Gasteiger partial charge in [0.15, 0.2) is 0 Å². The first-order chi connectivity index (χ1) is 12.0. The monoisotopic (exact) mass is 362 g/mol. The van der Waals surface area contributed by atoms with E-state index in [2.05, 4.69) is 19.6 Å². The summed E-state index contributed by atoms with van der Waals surface area (Å²) in [5.41, 5.74) is -0.352. The minimum absolute atomic E-state index is 0.0894. The molecule has 0 radical (unpaired) electrons. The predicted octanol–water partition coefficient (Wildman–Crippen LogP) is 5.14. The number of carboxylic acids is 1. The zero-order valence-corrected chi connectivity index (χ0v) is 16.9. The second-order valence-corrected chi connectivity index (χ2v) is 9.02. The first kappa shape index (κ1) is 20.7. The fourth-order valence-corrected chi connectivity index (χ4v) is 5.89. The van der Waals surface area contributed by atoms with Crippen molar-refractivity contribution in [2.75, 3.05) is 0 Å². The molecule has 1 N–H and O–H groups in total. The van der Waals surface area contributed by atoms with Crippen molar-refractivity contribution in [3.63, 3.8) is 0 Å². The SMILES string of the molecule is C=C/C(C)=C/C[C@@H]1[C@@]2(C)CCC[C@](C)(C(=O)O)[C@@H]2CC[C@@]1(C)OC(C)=O. The van der Waals surface area contributed by atoms with E-state index in [1.54, 1.807) is 0 Å². The summed E-state index contributed by atoms with van der Waals surface area (Å²) < 4.78 is 5.86. The second-order valence-electron chi connectivity index (χ2n) is 9.02. The summed E-state index contributed by atoms with van der Waals surface area (Å²) in [5.74, 6) is -0.777. The fraction of sp³-hybridized carbons (Fsp3) is 0.727. The minimum atomic E-state index is -0.708. The lowest BCUT2D eigenvalue weighted by atomic mass is 9.44. The van der Waals surface area contributed by atoms with E-state index in [1.807, 2.05) is 26.8 Å². The summed E-state index contributed by atoms with van der Waals surface area (Å²) in [6, 6.07) is 0. The van der Waals surface area contributed by atoms with Gasteiger partial charge in [-0.25, -0.2) is 0 Å². The van der Waals surface area contributed by atoms with E-state index in [0.717, 1.165) is 37.7 Å². The normalized spacial score (nSPS) is 40.4. The van der Waals surface area contributed by atoms with Gasteiger partial charge in [0.05, 0.1) is 5.41 Å². The number of aliphatic carboxylic acids is 1. The third-order valence-electron chi connectivity index (χ3n) is 7.30. The van der Waals surface area contributed by atoms with E-state index in [9.17, 15) is 14.7 Å². The molecule has 26 heavy (non-hydrogen) atoms. The Morgan fingerprint density at radius 1 is 1.19 bits per heavy atom. The molecule has 4 nitrogen and oxygen atoms in total. The summed E-state index contributed by atoms with van der Waals surface area (Å²) in [5, 5.41) is 9.96. The van der Waals surface area contributed by atoms with Gasteiger partial charge in [-0.2, -0.15) is 0 Å². The van der Waals surface area contributed by atoms with E-state index in [0.29, 0.717) is 6.42 Å². The van der Waals surface area contributed by atoms with Gasteiger partial charge in [-0.15, -0.1) is 0 Å². The van der Waals surface area contributed by atoms with Crippen LogP contribution in [-0.4, -0.2) is 22.6 Å². The van der Waals surface area contributed by atoms with Crippen LogP contribution in [0, 0.1) is 22.7 Å². The molecular formula is C22H34O4. The van der Waals surface area contributed by atoms with Crippen LogP contribution >= 0.6 is 0 Å². The highest BCUT2D eigenvalue weighted by Gasteiger charge is 2.62. The number of ether oxygens (including phenoxy) is 1. The van der Waals surface area contributed by atoms with Crippen LogP contribution in [0.15, 0.2) is 24.3 Å². The summed E-state index contributed by atoms with van der Waals surface area (Å²) in [6.45, 7) is 13.5. The molecule has 0 aromatic carbocycles. The van der Waals surface area contributed by atoms with Crippen molar-refractivity contribution in [3.8, 4) is 0 Å². The van der Waals surface area contributed by atoms with Crippen molar-refractivity contribution in [1.29, 1.82) is 0 Å². The molecule has 4 heteroatoms. The molecule has 0 bridgehead atoms. The Morgan fingerprint density at radius 2 is 1.85 bits per heavy atom. The number of hydrogen-bond donors (Lipinski definition) is 1. The highest BCUT2D eigenvalue weighted by Crippen LogP contribution is 2.63. The Kier molecular flexibility index (Phi) is 5.74. The zero-order chi connectivity index (χ0) is 19.8. The Balaban J connectivity index is 2.50. The van der Waals surface area contributed by atoms with Gasteiger partial charge in [-0.3, -0.25) is 9.59 Å². The third-order valence-corrected chi connectivity index (χ3v) is 7.30. The molecule has 2 aliphatic carbocycles. The lowest BCUT2D eigenvalue weighted by molar-refractivity contribution is -0.205. The number of carboxylic acid groups (broad SMARTS) is 1. The smallest absolute Gasteiger partial charge is 0.309 e. The van der Waals surface area contributed by atoms with Crippen LogP contribution in [-0.2, 0) is 14.3 Å². The second kappa shape index (κ2) is 7.21. The van der Waals surface area contributed by atoms with E-state index < -0.39 is 17.0 Å². The molecule has 5 atom stereocenters. The van der Waals surface area contributed by atoms with Crippen LogP contribution in [0.1, 0.15) is 73.1 Å². The van der Waals surface area contributed by atoms with Crippen LogP contribution in [0.4, 0.5) is 0 Å². The molecule has 2 saturated carbocycles. The summed E-state index contributed by atoms with van der Waals surface area (Å²) in [4.78, 5) is 23.9. The zero-order valence-electron chi connectivity index (χ0n) is 16.9. The highest BCUT2D eigenvalue weighted by atomic mass is 16.6. The van der Waals surface area contributed by atoms with E-state index in [1.165, 1.54) is 6.92 Å². The first-order valence-electron chi connectivity index (χ1n) is 9.72. The summed E-state index contributed by atoms with van der Waals surface area (Å²) in [6.07, 6.45) is 8.83. The topological polar surface area (TPSA) is 63.6 Å². The van der Waals surface area contributed by atoms with Crippen molar-refractivity contribution in [2.45, 2.75) is 78.7 Å². The minimum Gasteiger partial charge on any atom is -0.481 e. The number of allylic oxidation sites excluding steroid dienone is 3. The number of fused-ring (bicyclic) bond motifs is 1. The van der Waals surface area contributed by atoms with Crippen LogP contribution in [0.2, 0.25) is 0 Å². The maximum atomic E-state index is 12.1. The number of carbonyl (C=O) groups excluding carboxylic acids is 1. The maximum absolute atomic E-state index is 12.1. The lowest BCUT2D eigenvalue weighted by Gasteiger charge is -2.61. The highest BCUT2D eigenvalue weighted by molar-refractivity contribution is 5.75. The van der Waals surface area contributed by atoms with Crippen molar-refractivity contribution in [3.05, 3.63) is 24.3 Å². The Hall–Kier alpha value is -1.58. The molecule has 0 aliphatic heterocycles. The molecule has 0 saturated heterocycles. The molecule has 0 amide bonds. The van der Waals surface area contributed by atoms with Crippen LogP contribution < -0.4 is 0 Å². The fourth-order valence-electron chi connectivity index (χ4n) is 5.89. The maximum Gasteiger partial charge on any atom is 0.309 e. The van der Waals surface area contributed by atoms with Gasteiger partial charge in [0, 0.05) is 12.8 Å². The van der Waals surface area contributed by atoms with Gasteiger partial charge in [0.1, 0.15) is 5.60 Å². The number of hydrogen-bond acceptors (Lipinski definition) is 3. The number of esters is 1. The predicted molar refractivity (Wildman–Crippen MR) is 103 cm³/mol. The molecule has 0 aromatic rings. The van der Waals surface area contributed by atoms with Crippen molar-refractivity contribution in [1.82, 2.24) is 0 Å². The van der Waals surface area contributed by atoms with Gasteiger partial charge >= 0.3 is 11.9 Å². The van der Waals surface area contributed by atoms with Crippen molar-refractivity contribution >= 4 is 11.9 Å². The third kappa shape index (κ3) is 3.47. The summed E-state index contributed by atoms with van der Waals surface area (Å²) >= 11 is 0. The molecule has 2 rings (SSSR count). The average Bonchev–Trinajstić information content (AvgIpc) is 2.52. The average molecular weight is 363 g/mol. The molecule has 2 fully saturated rings. The van der Waals surface area contributed by atoms with Crippen molar-refractivity contribution in [2.24, 2.45) is 22.7 Å². The first-order valence-corrected chi connectivity index (χ1v) is 9.72. The van der Waals surface area contributed by atoms with Gasteiger partial charge in [-0.1, -0.05) is 37.6 Å². The van der Waals surface area contributed by atoms with E-state index in [-0.39, 0.29) is 23.2 Å². The molecular weight excluding hydrogens is 328 g/mol. The number of carbonyl (C=O) groups is 2. The molecule has 2 aliphatic rings. The molecule has 146 valence electrons. The lowest BCUT2D eigenvalue weighted by Crippen LogP contribution is -2.60. The molecule has 0 unspecified atom stereocenters. The van der Waals surface area contributed by atoms with Crippen molar-refractivity contribution < 1.29 is 19.4 Å². The largest absolute Gasteiger partial charge is 0.481 e. The number of rotatable bonds is 5. The Labute approximate surface area is 157 Å². The molecule has 0 heterocycles.